The Balaban J connectivity index is 0.000000154. The van der Waals surface area contributed by atoms with Crippen LogP contribution in [0.1, 0.15) is 160 Å². The number of allylic oxidation sites excluding steroid dienone is 3. The molecule has 1 fully saturated rings. The number of fused-ring (bicyclic) bond motifs is 6. The fourth-order valence-corrected chi connectivity index (χ4v) is 13.3. The molecule has 0 spiro atoms. The number of nitrogens with one attached hydrogen (secondary N) is 3. The third kappa shape index (κ3) is 16.9. The summed E-state index contributed by atoms with van der Waals surface area (Å²) in [7, 11) is 3.21. The smallest absolute Gasteiger partial charge is 0.339 e. The lowest BCUT2D eigenvalue weighted by Crippen LogP contribution is -2.37. The second-order valence-corrected chi connectivity index (χ2v) is 26.7. The monoisotopic (exact) mass is 1390 g/mol. The molecular formula is C80H80N8O13S. The topological polar surface area (TPSA) is 292 Å². The largest absolute Gasteiger partial charge is 0.493 e. The van der Waals surface area contributed by atoms with Crippen LogP contribution in [-0.2, 0) is 47.9 Å². The lowest BCUT2D eigenvalue weighted by molar-refractivity contribution is -0.384. The van der Waals surface area contributed by atoms with Crippen LogP contribution in [0.25, 0.3) is 67.7 Å². The van der Waals surface area contributed by atoms with Gasteiger partial charge in [0.05, 0.1) is 75.3 Å². The number of rotatable bonds is 19. The number of ether oxygens (including phenoxy) is 5. The van der Waals surface area contributed by atoms with Crippen LogP contribution in [0.2, 0.25) is 0 Å². The van der Waals surface area contributed by atoms with Crippen LogP contribution in [-0.4, -0.2) is 101 Å². The summed E-state index contributed by atoms with van der Waals surface area (Å²) in [6.07, 6.45) is 11.3. The quantitative estimate of drug-likeness (QED) is 0.0253. The fraction of sp³-hybridized carbons (Fsp3) is 0.287. The van der Waals surface area contributed by atoms with E-state index in [0.717, 1.165) is 123 Å². The Hall–Kier alpha value is -11.4. The Kier molecular flexibility index (Phi) is 22.8. The lowest BCUT2D eigenvalue weighted by atomic mass is 9.86. The van der Waals surface area contributed by atoms with Gasteiger partial charge in [0.1, 0.15) is 0 Å². The van der Waals surface area contributed by atoms with E-state index in [2.05, 4.69) is 40.7 Å². The van der Waals surface area contributed by atoms with Gasteiger partial charge in [0.2, 0.25) is 0 Å². The highest BCUT2D eigenvalue weighted by atomic mass is 32.1. The minimum atomic E-state index is -1.01. The predicted octanol–water partition coefficient (Wildman–Crippen LogP) is 14.2. The van der Waals surface area contributed by atoms with E-state index in [9.17, 15) is 38.9 Å². The van der Waals surface area contributed by atoms with Crippen LogP contribution in [0.15, 0.2) is 145 Å². The van der Waals surface area contributed by atoms with Crippen molar-refractivity contribution in [2.75, 3.05) is 20.8 Å². The summed E-state index contributed by atoms with van der Waals surface area (Å²) in [5.41, 5.74) is 18.4. The highest BCUT2D eigenvalue weighted by Gasteiger charge is 2.34. The highest BCUT2D eigenvalue weighted by molar-refractivity contribution is 7.10. The summed E-state index contributed by atoms with van der Waals surface area (Å²) in [5, 5.41) is 23.5. The Bertz CT molecular complexity index is 4860. The molecule has 5 aromatic carbocycles. The predicted molar refractivity (Wildman–Crippen MR) is 395 cm³/mol. The van der Waals surface area contributed by atoms with Crippen LogP contribution in [0.4, 0.5) is 5.69 Å². The first-order chi connectivity index (χ1) is 49.2. The van der Waals surface area contributed by atoms with Crippen LogP contribution in [0, 0.1) is 16.0 Å². The van der Waals surface area contributed by atoms with Crippen molar-refractivity contribution >= 4 is 120 Å². The molecule has 9 aromatic rings. The van der Waals surface area contributed by atoms with Crippen molar-refractivity contribution in [3.05, 3.63) is 222 Å². The number of para-hydroxylation sites is 3. The van der Waals surface area contributed by atoms with Crippen molar-refractivity contribution in [2.24, 2.45) is 11.7 Å². The van der Waals surface area contributed by atoms with E-state index in [0.29, 0.717) is 75.3 Å². The average molecular weight is 1390 g/mol. The second-order valence-electron chi connectivity index (χ2n) is 25.8. The molecule has 0 radical (unpaired) electrons. The number of thiophene rings is 1. The first-order valence-electron chi connectivity index (χ1n) is 34.0. The van der Waals surface area contributed by atoms with Crippen LogP contribution in [0.5, 0.6) is 11.5 Å². The van der Waals surface area contributed by atoms with Crippen LogP contribution in [0.3, 0.4) is 0 Å². The van der Waals surface area contributed by atoms with Gasteiger partial charge in [-0.05, 0) is 195 Å². The standard InChI is InChI=1S/C28H29N3O5.C28H28N2O5.C24H23N3O3S/c1-17(2)16-29-27(32)18(3)36-28(33)25-22-11-4-5-13-24(22)30-26-20(9-7-12-23(25)26)14-19-8-6-10-21(15-19)31(34)35;1-16(27(31)29-19-10-11-19)35-28(32)25-20-6-4-5-7-22(20)30-26-18(9-12-21(25)26)14-17-8-13-23(33-2)24(15-17)34-3;1-14(23(28)26-15(2)25)30-24(29)21-18-9-3-4-11-20(18)27-22-16(7-5-10-19(21)22)13-17-8-6-12-31-17/h4-6,8,10-11,13-15,17-18H,7,9,12,16H2,1-3H3,(H,29,32);4-8,13-16,19H,9-12H2,1-3H3,(H,29,31);3-4,6,8-9,11-14H,2,5,7,10,25H2,1H3,(H,26,28)/b20-14+;18-14+;16-13-. The minimum Gasteiger partial charge on any atom is -0.493 e. The molecule has 3 unspecified atom stereocenters. The van der Waals surface area contributed by atoms with Crippen molar-refractivity contribution in [2.45, 2.75) is 123 Å². The van der Waals surface area contributed by atoms with Crippen molar-refractivity contribution in [1.29, 1.82) is 0 Å². The van der Waals surface area contributed by atoms with Gasteiger partial charge < -0.3 is 45.4 Å². The number of hydrogen-bond acceptors (Lipinski definition) is 18. The molecule has 4 aromatic heterocycles. The number of aromatic nitrogens is 3. The summed E-state index contributed by atoms with van der Waals surface area (Å²) in [6.45, 7) is 12.6. The van der Waals surface area contributed by atoms with Gasteiger partial charge >= 0.3 is 17.9 Å². The summed E-state index contributed by atoms with van der Waals surface area (Å²) < 4.78 is 27.6. The van der Waals surface area contributed by atoms with Gasteiger partial charge in [-0.3, -0.25) is 24.5 Å². The lowest BCUT2D eigenvalue weighted by Gasteiger charge is -2.23. The number of nitrogens with zero attached hydrogens (tertiary/aromatic N) is 4. The first kappa shape index (κ1) is 71.9. The third-order valence-corrected chi connectivity index (χ3v) is 18.6. The molecule has 1 saturated carbocycles. The molecule has 4 heterocycles. The van der Waals surface area contributed by atoms with Crippen molar-refractivity contribution in [3.8, 4) is 11.5 Å². The Morgan fingerprint density at radius 1 is 0.569 bits per heavy atom. The zero-order valence-electron chi connectivity index (χ0n) is 57.9. The second kappa shape index (κ2) is 32.3. The zero-order chi connectivity index (χ0) is 72.3. The number of nitro groups is 1. The van der Waals surface area contributed by atoms with Gasteiger partial charge in [0.25, 0.3) is 23.4 Å². The van der Waals surface area contributed by atoms with Crippen molar-refractivity contribution in [1.82, 2.24) is 30.9 Å². The van der Waals surface area contributed by atoms with Gasteiger partial charge in [0, 0.05) is 45.8 Å². The van der Waals surface area contributed by atoms with E-state index in [1.165, 1.54) is 19.1 Å². The number of benzene rings is 5. The maximum atomic E-state index is 13.4. The van der Waals surface area contributed by atoms with E-state index in [-0.39, 0.29) is 35.3 Å². The van der Waals surface area contributed by atoms with Gasteiger partial charge in [-0.15, -0.1) is 11.3 Å². The fourth-order valence-electron chi connectivity index (χ4n) is 12.6. The number of amides is 3. The number of non-ortho nitro benzene ring substituents is 1. The molecule has 0 saturated heterocycles. The number of nitrogens with two attached hydrogens (primary N) is 1. The van der Waals surface area contributed by atoms with Crippen LogP contribution >= 0.6 is 11.3 Å². The maximum Gasteiger partial charge on any atom is 0.339 e. The van der Waals surface area contributed by atoms with Gasteiger partial charge in [-0.25, -0.2) is 29.3 Å². The van der Waals surface area contributed by atoms with Crippen LogP contribution < -0.4 is 31.2 Å². The van der Waals surface area contributed by atoms with E-state index in [1.54, 1.807) is 45.5 Å². The van der Waals surface area contributed by atoms with Crippen molar-refractivity contribution < 1.29 is 57.4 Å². The molecule has 3 amide bonds. The SMILES string of the molecule is C=C(N)NC(=O)C(C)OC(=O)c1c2c(nc3ccccc13)/C(=C\c1cccs1)CCC2.CC(C)CNC(=O)C(C)OC(=O)c1c2c(nc3ccccc13)/C(=C/c1cccc([N+](=O)[O-])c1)CCC2.COc1ccc(/C=C2\CCc3c2nc2ccccc2c3C(=O)OC(C)C(=O)NC2CC2)cc1OC. The summed E-state index contributed by atoms with van der Waals surface area (Å²) in [5.74, 6) is -1.12. The van der Waals surface area contributed by atoms with E-state index >= 15 is 0 Å². The number of methoxy groups -OCH3 is 2. The summed E-state index contributed by atoms with van der Waals surface area (Å²) >= 11 is 1.66. The molecule has 3 atom stereocenters. The molecule has 21 nitrogen and oxygen atoms in total. The minimum absolute atomic E-state index is 0.00277. The van der Waals surface area contributed by atoms with Gasteiger partial charge in [-0.1, -0.05) is 99.3 Å². The number of carbonyl (C=O) groups excluding carboxylic acids is 6. The third-order valence-electron chi connectivity index (χ3n) is 17.8. The molecule has 4 aliphatic carbocycles. The summed E-state index contributed by atoms with van der Waals surface area (Å²) in [6, 6.07) is 38.9. The normalized spacial score (nSPS) is 15.6. The Morgan fingerprint density at radius 3 is 1.53 bits per heavy atom. The first-order valence-corrected chi connectivity index (χ1v) is 34.9. The number of nitro benzene ring substituents is 1. The number of pyridine rings is 3. The molecule has 4 aliphatic rings. The Morgan fingerprint density at radius 2 is 1.05 bits per heavy atom. The zero-order valence-corrected chi connectivity index (χ0v) is 58.7. The number of esters is 3. The van der Waals surface area contributed by atoms with E-state index in [1.807, 2.05) is 128 Å². The number of carbonyl (C=O) groups is 6. The highest BCUT2D eigenvalue weighted by Crippen LogP contribution is 2.42. The van der Waals surface area contributed by atoms with E-state index < -0.39 is 47.1 Å². The van der Waals surface area contributed by atoms with Gasteiger partial charge in [0.15, 0.2) is 29.8 Å². The van der Waals surface area contributed by atoms with E-state index in [4.69, 9.17) is 44.4 Å². The van der Waals surface area contributed by atoms with Gasteiger partial charge in [-0.2, -0.15) is 0 Å². The molecule has 524 valence electrons. The maximum absolute atomic E-state index is 13.4. The average Bonchev–Trinajstić information content (AvgIpc) is 1.59. The molecule has 13 rings (SSSR count). The molecule has 22 heteroatoms. The molecule has 102 heavy (non-hydrogen) atoms. The molecule has 0 bridgehead atoms. The molecule has 5 N–H and O–H groups in total. The molecular weight excluding hydrogens is 1310 g/mol. The Labute approximate surface area is 594 Å². The molecule has 0 aliphatic heterocycles. The van der Waals surface area contributed by atoms with Crippen molar-refractivity contribution in [3.63, 3.8) is 0 Å². The number of hydrogen-bond donors (Lipinski definition) is 4. The summed E-state index contributed by atoms with van der Waals surface area (Å²) in [4.78, 5) is 104.